The van der Waals surface area contributed by atoms with Gasteiger partial charge in [-0.3, -0.25) is 0 Å². The summed E-state index contributed by atoms with van der Waals surface area (Å²) in [7, 11) is -3.62. The normalized spacial score (nSPS) is 13.3. The smallest absolute Gasteiger partial charge is 0.240 e. The maximum Gasteiger partial charge on any atom is 0.240 e. The number of aliphatic hydroxyl groups excluding tert-OH is 1. The van der Waals surface area contributed by atoms with Gasteiger partial charge in [0.2, 0.25) is 10.0 Å². The van der Waals surface area contributed by atoms with E-state index in [1.54, 1.807) is 18.2 Å². The third-order valence-electron chi connectivity index (χ3n) is 2.74. The molecule has 7 heteroatoms. The Morgan fingerprint density at radius 1 is 1.35 bits per heavy atom. The number of aliphatic hydroxyl groups is 1. The number of furan rings is 1. The highest BCUT2D eigenvalue weighted by Gasteiger charge is 2.15. The molecule has 0 aliphatic rings. The molecular weight excluding hydrogens is 302 g/mol. The van der Waals surface area contributed by atoms with E-state index >= 15 is 0 Å². The van der Waals surface area contributed by atoms with Crippen molar-refractivity contribution >= 4 is 21.6 Å². The van der Waals surface area contributed by atoms with E-state index in [0.29, 0.717) is 10.6 Å². The van der Waals surface area contributed by atoms with Crippen LogP contribution in [0.5, 0.6) is 0 Å². The molecule has 2 rings (SSSR count). The van der Waals surface area contributed by atoms with Crippen LogP contribution in [0.15, 0.2) is 52.2 Å². The second kappa shape index (κ2) is 6.41. The van der Waals surface area contributed by atoms with Gasteiger partial charge < -0.3 is 9.52 Å². The fourth-order valence-corrected chi connectivity index (χ4v) is 3.03. The first-order chi connectivity index (χ1) is 9.49. The fraction of sp³-hybridized carbons (Fsp3) is 0.231. The molecule has 1 atom stereocenters. The van der Waals surface area contributed by atoms with Crippen LogP contribution < -0.4 is 4.72 Å². The van der Waals surface area contributed by atoms with Crippen molar-refractivity contribution in [2.75, 3.05) is 6.54 Å². The van der Waals surface area contributed by atoms with Gasteiger partial charge in [0, 0.05) is 17.1 Å². The minimum Gasteiger partial charge on any atom is -0.472 e. The van der Waals surface area contributed by atoms with Crippen LogP contribution in [-0.4, -0.2) is 20.1 Å². The molecule has 0 bridgehead atoms. The topological polar surface area (TPSA) is 79.5 Å². The average Bonchev–Trinajstić information content (AvgIpc) is 2.92. The lowest BCUT2D eigenvalue weighted by Gasteiger charge is -2.10. The molecule has 5 nitrogen and oxygen atoms in total. The third kappa shape index (κ3) is 3.83. The number of hydrogen-bond donors (Lipinski definition) is 2. The molecule has 2 aromatic rings. The lowest BCUT2D eigenvalue weighted by molar-refractivity contribution is 0.168. The molecular formula is C13H14ClNO4S. The zero-order valence-electron chi connectivity index (χ0n) is 10.5. The van der Waals surface area contributed by atoms with Gasteiger partial charge in [0.1, 0.15) is 0 Å². The van der Waals surface area contributed by atoms with Crippen molar-refractivity contribution in [2.45, 2.75) is 17.4 Å². The van der Waals surface area contributed by atoms with Gasteiger partial charge in [-0.1, -0.05) is 17.7 Å². The zero-order chi connectivity index (χ0) is 14.6. The molecule has 0 spiro atoms. The molecule has 1 aromatic heterocycles. The van der Waals surface area contributed by atoms with Gasteiger partial charge in [-0.2, -0.15) is 0 Å². The zero-order valence-corrected chi connectivity index (χ0v) is 12.1. The van der Waals surface area contributed by atoms with E-state index < -0.39 is 16.1 Å². The molecule has 0 radical (unpaired) electrons. The van der Waals surface area contributed by atoms with E-state index in [0.717, 1.165) is 0 Å². The van der Waals surface area contributed by atoms with E-state index in [2.05, 4.69) is 4.72 Å². The van der Waals surface area contributed by atoms with Crippen LogP contribution in [0.2, 0.25) is 5.02 Å². The number of hydrogen-bond acceptors (Lipinski definition) is 4. The first kappa shape index (κ1) is 15.1. The van der Waals surface area contributed by atoms with Gasteiger partial charge in [0.05, 0.1) is 23.5 Å². The van der Waals surface area contributed by atoms with Gasteiger partial charge in [-0.05, 0) is 30.7 Å². The molecule has 0 aliphatic heterocycles. The SMILES string of the molecule is O=S(=O)(NCCC(O)c1ccoc1)c1cccc(Cl)c1. The molecule has 0 fully saturated rings. The second-order valence-corrected chi connectivity index (χ2v) is 6.42. The van der Waals surface area contributed by atoms with Crippen LogP contribution in [0.25, 0.3) is 0 Å². The van der Waals surface area contributed by atoms with E-state index in [4.69, 9.17) is 16.0 Å². The summed E-state index contributed by atoms with van der Waals surface area (Å²) in [4.78, 5) is 0.0998. The van der Waals surface area contributed by atoms with Crippen LogP contribution in [-0.2, 0) is 10.0 Å². The predicted molar refractivity (Wildman–Crippen MR) is 74.9 cm³/mol. The Hall–Kier alpha value is -1.34. The summed E-state index contributed by atoms with van der Waals surface area (Å²) in [6.07, 6.45) is 2.36. The Morgan fingerprint density at radius 3 is 2.80 bits per heavy atom. The monoisotopic (exact) mass is 315 g/mol. The predicted octanol–water partition coefficient (Wildman–Crippen LogP) is 2.33. The fourth-order valence-electron chi connectivity index (χ4n) is 1.68. The summed E-state index contributed by atoms with van der Waals surface area (Å²) in [6, 6.07) is 7.63. The van der Waals surface area contributed by atoms with Crippen molar-refractivity contribution in [3.63, 3.8) is 0 Å². The Kier molecular flexibility index (Phi) is 4.82. The summed E-state index contributed by atoms with van der Waals surface area (Å²) < 4.78 is 31.2. The molecule has 1 heterocycles. The average molecular weight is 316 g/mol. The van der Waals surface area contributed by atoms with Crippen molar-refractivity contribution in [2.24, 2.45) is 0 Å². The maximum absolute atomic E-state index is 12.0. The van der Waals surface area contributed by atoms with E-state index in [9.17, 15) is 13.5 Å². The first-order valence-electron chi connectivity index (χ1n) is 5.94. The lowest BCUT2D eigenvalue weighted by atomic mass is 10.1. The quantitative estimate of drug-likeness (QED) is 0.857. The highest BCUT2D eigenvalue weighted by Crippen LogP contribution is 2.18. The highest BCUT2D eigenvalue weighted by molar-refractivity contribution is 7.89. The van der Waals surface area contributed by atoms with Crippen LogP contribution >= 0.6 is 11.6 Å². The highest BCUT2D eigenvalue weighted by atomic mass is 35.5. The van der Waals surface area contributed by atoms with Crippen molar-refractivity contribution in [3.05, 3.63) is 53.4 Å². The summed E-state index contributed by atoms with van der Waals surface area (Å²) >= 11 is 5.76. The Bertz CT molecular complexity index is 655. The number of sulfonamides is 1. The Balaban J connectivity index is 1.93. The molecule has 0 saturated carbocycles. The van der Waals surface area contributed by atoms with Crippen molar-refractivity contribution in [1.29, 1.82) is 0 Å². The summed E-state index contributed by atoms with van der Waals surface area (Å²) in [5.74, 6) is 0. The van der Waals surface area contributed by atoms with E-state index in [1.165, 1.54) is 24.7 Å². The van der Waals surface area contributed by atoms with Gasteiger partial charge >= 0.3 is 0 Å². The van der Waals surface area contributed by atoms with Crippen molar-refractivity contribution in [1.82, 2.24) is 4.72 Å². The lowest BCUT2D eigenvalue weighted by Crippen LogP contribution is -2.25. The van der Waals surface area contributed by atoms with Gasteiger partial charge in [-0.15, -0.1) is 0 Å². The van der Waals surface area contributed by atoms with Gasteiger partial charge in [0.25, 0.3) is 0 Å². The summed E-state index contributed by atoms with van der Waals surface area (Å²) in [5, 5.41) is 10.2. The largest absolute Gasteiger partial charge is 0.472 e. The van der Waals surface area contributed by atoms with Crippen LogP contribution in [0.3, 0.4) is 0 Å². The molecule has 0 amide bonds. The molecule has 1 unspecified atom stereocenters. The number of benzene rings is 1. The van der Waals surface area contributed by atoms with Crippen molar-refractivity contribution < 1.29 is 17.9 Å². The molecule has 20 heavy (non-hydrogen) atoms. The van der Waals surface area contributed by atoms with Crippen LogP contribution in [0, 0.1) is 0 Å². The van der Waals surface area contributed by atoms with Crippen LogP contribution in [0.1, 0.15) is 18.1 Å². The standard InChI is InChI=1S/C13H14ClNO4S/c14-11-2-1-3-12(8-11)20(17,18)15-6-4-13(16)10-5-7-19-9-10/h1-3,5,7-9,13,15-16H,4,6H2. The van der Waals surface area contributed by atoms with E-state index in [1.807, 2.05) is 0 Å². The van der Waals surface area contributed by atoms with E-state index in [-0.39, 0.29) is 17.9 Å². The summed E-state index contributed by atoms with van der Waals surface area (Å²) in [5.41, 5.74) is 0.618. The van der Waals surface area contributed by atoms with Crippen molar-refractivity contribution in [3.8, 4) is 0 Å². The van der Waals surface area contributed by atoms with Gasteiger partial charge in [-0.25, -0.2) is 13.1 Å². The minimum absolute atomic E-state index is 0.0998. The minimum atomic E-state index is -3.62. The maximum atomic E-state index is 12.0. The second-order valence-electron chi connectivity index (χ2n) is 4.22. The molecule has 108 valence electrons. The molecule has 0 saturated heterocycles. The van der Waals surface area contributed by atoms with Crippen LogP contribution in [0.4, 0.5) is 0 Å². The Labute approximate surface area is 122 Å². The molecule has 2 N–H and O–H groups in total. The summed E-state index contributed by atoms with van der Waals surface area (Å²) in [6.45, 7) is 0.112. The first-order valence-corrected chi connectivity index (χ1v) is 7.80. The number of nitrogens with one attached hydrogen (secondary N) is 1. The van der Waals surface area contributed by atoms with Gasteiger partial charge in [0.15, 0.2) is 0 Å². The molecule has 0 aliphatic carbocycles. The third-order valence-corrected chi connectivity index (χ3v) is 4.44. The molecule has 1 aromatic carbocycles. The Morgan fingerprint density at radius 2 is 2.15 bits per heavy atom. The number of halogens is 1. The number of rotatable bonds is 6.